The second-order valence-electron chi connectivity index (χ2n) is 10.4. The minimum atomic E-state index is -4.22. The Morgan fingerprint density at radius 1 is 1.26 bits per heavy atom. The Labute approximate surface area is 208 Å². The molecule has 1 aromatic heterocycles. The highest BCUT2D eigenvalue weighted by molar-refractivity contribution is 7.91. The first-order chi connectivity index (χ1) is 16.5. The van der Waals surface area contributed by atoms with E-state index in [1.165, 1.54) is 12.8 Å². The molecule has 5 aliphatic rings. The van der Waals surface area contributed by atoms with Crippen LogP contribution in [0, 0.1) is 23.7 Å². The SMILES string of the molecule is CS(=O)(=O)NCc1csc2c1S(=O)(=O)N=C(C1=C(O)C3C4CCC(C4)C3N(CCC3CC3)C1=O)N2. The summed E-state index contributed by atoms with van der Waals surface area (Å²) in [5, 5.41) is 16.1. The minimum Gasteiger partial charge on any atom is -0.511 e. The third-order valence-corrected chi connectivity index (χ3v) is 11.2. The standard InChI is InChI=1S/C22H28N4O6S3/c1-34(29,30)23-9-14-10-33-21-19(14)35(31,32)25-20(24-21)16-18(27)15-12-4-5-13(8-12)17(15)26(22(16)28)7-6-11-2-3-11/h10-13,15,17,23,27H,2-9H2,1H3,(H,24,25). The van der Waals surface area contributed by atoms with Crippen LogP contribution in [0.4, 0.5) is 5.00 Å². The number of sulfonamides is 2. The lowest BCUT2D eigenvalue weighted by molar-refractivity contribution is -0.133. The molecule has 6 rings (SSSR count). The monoisotopic (exact) mass is 540 g/mol. The number of hydrogen-bond acceptors (Lipinski definition) is 8. The Morgan fingerprint density at radius 2 is 2.00 bits per heavy atom. The van der Waals surface area contributed by atoms with E-state index < -0.39 is 20.0 Å². The van der Waals surface area contributed by atoms with Crippen molar-refractivity contribution in [3.05, 3.63) is 22.3 Å². The van der Waals surface area contributed by atoms with Crippen LogP contribution in [0.2, 0.25) is 0 Å². The van der Waals surface area contributed by atoms with Gasteiger partial charge in [-0.25, -0.2) is 13.1 Å². The molecule has 3 fully saturated rings. The largest absolute Gasteiger partial charge is 0.511 e. The lowest BCUT2D eigenvalue weighted by Crippen LogP contribution is -2.54. The summed E-state index contributed by atoms with van der Waals surface area (Å²) in [6.45, 7) is 0.418. The van der Waals surface area contributed by atoms with Crippen LogP contribution in [0.3, 0.4) is 0 Å². The first-order valence-electron chi connectivity index (χ1n) is 11.9. The first kappa shape index (κ1) is 23.4. The molecule has 13 heteroatoms. The van der Waals surface area contributed by atoms with Gasteiger partial charge in [-0.2, -0.15) is 8.42 Å². The number of nitrogens with zero attached hydrogens (tertiary/aromatic N) is 2. The van der Waals surface area contributed by atoms with Gasteiger partial charge in [-0.3, -0.25) is 4.79 Å². The van der Waals surface area contributed by atoms with E-state index in [-0.39, 0.29) is 63.0 Å². The lowest BCUT2D eigenvalue weighted by atomic mass is 9.77. The van der Waals surface area contributed by atoms with Crippen LogP contribution in [-0.2, 0) is 31.4 Å². The Balaban J connectivity index is 1.37. The molecule has 190 valence electrons. The summed E-state index contributed by atoms with van der Waals surface area (Å²) in [5.41, 5.74) is 0.228. The maximum Gasteiger partial charge on any atom is 0.287 e. The summed E-state index contributed by atoms with van der Waals surface area (Å²) in [7, 11) is -7.74. The predicted octanol–water partition coefficient (Wildman–Crippen LogP) is 2.18. The number of amidine groups is 1. The molecule has 0 aromatic carbocycles. The molecule has 1 aromatic rings. The van der Waals surface area contributed by atoms with Crippen LogP contribution >= 0.6 is 11.3 Å². The lowest BCUT2D eigenvalue weighted by Gasteiger charge is -2.44. The fraction of sp³-hybridized carbons (Fsp3) is 0.636. The molecule has 2 aliphatic heterocycles. The van der Waals surface area contributed by atoms with Gasteiger partial charge < -0.3 is 15.3 Å². The molecule has 0 saturated heterocycles. The summed E-state index contributed by atoms with van der Waals surface area (Å²) in [5.74, 6) is 0.543. The quantitative estimate of drug-likeness (QED) is 0.481. The van der Waals surface area contributed by atoms with Crippen molar-refractivity contribution in [3.8, 4) is 0 Å². The summed E-state index contributed by atoms with van der Waals surface area (Å²) >= 11 is 1.09. The van der Waals surface area contributed by atoms with Gasteiger partial charge in [-0.1, -0.05) is 12.8 Å². The Morgan fingerprint density at radius 3 is 2.71 bits per heavy atom. The number of anilines is 1. The van der Waals surface area contributed by atoms with Crippen molar-refractivity contribution in [2.45, 2.75) is 56.0 Å². The highest BCUT2D eigenvalue weighted by atomic mass is 32.2. The Hall–Kier alpha value is -1.96. The molecular formula is C22H28N4O6S3. The maximum absolute atomic E-state index is 13.7. The van der Waals surface area contributed by atoms with Crippen LogP contribution in [0.25, 0.3) is 0 Å². The van der Waals surface area contributed by atoms with Crippen LogP contribution in [0.1, 0.15) is 44.1 Å². The average Bonchev–Trinajstić information content (AvgIpc) is 3.16. The summed E-state index contributed by atoms with van der Waals surface area (Å²) in [6, 6.07) is -0.0319. The Bertz CT molecular complexity index is 1380. The number of amides is 1. The van der Waals surface area contributed by atoms with E-state index in [1.807, 2.05) is 4.90 Å². The maximum atomic E-state index is 13.7. The molecule has 0 spiro atoms. The van der Waals surface area contributed by atoms with Crippen LogP contribution in [0.15, 0.2) is 26.0 Å². The van der Waals surface area contributed by atoms with Gasteiger partial charge in [0.2, 0.25) is 10.0 Å². The van der Waals surface area contributed by atoms with Crippen molar-refractivity contribution in [2.24, 2.45) is 28.1 Å². The zero-order chi connectivity index (χ0) is 24.7. The predicted molar refractivity (Wildman–Crippen MR) is 131 cm³/mol. The molecule has 35 heavy (non-hydrogen) atoms. The molecule has 1 amide bonds. The van der Waals surface area contributed by atoms with Crippen molar-refractivity contribution in [1.29, 1.82) is 0 Å². The minimum absolute atomic E-state index is 0.0319. The second-order valence-corrected chi connectivity index (χ2v) is 14.6. The highest BCUT2D eigenvalue weighted by Crippen LogP contribution is 2.55. The number of carbonyl (C=O) groups is 1. The fourth-order valence-electron chi connectivity index (χ4n) is 6.34. The normalized spacial score (nSPS) is 31.3. The molecule has 3 saturated carbocycles. The van der Waals surface area contributed by atoms with Crippen LogP contribution < -0.4 is 10.0 Å². The number of aliphatic hydroxyl groups is 1. The van der Waals surface area contributed by atoms with Gasteiger partial charge in [-0.15, -0.1) is 15.7 Å². The van der Waals surface area contributed by atoms with Crippen molar-refractivity contribution in [1.82, 2.24) is 9.62 Å². The Kier molecular flexibility index (Phi) is 5.37. The smallest absolute Gasteiger partial charge is 0.287 e. The zero-order valence-corrected chi connectivity index (χ0v) is 21.7. The van der Waals surface area contributed by atoms with Gasteiger partial charge >= 0.3 is 0 Å². The number of thiophene rings is 1. The van der Waals surface area contributed by atoms with Crippen LogP contribution in [0.5, 0.6) is 0 Å². The van der Waals surface area contributed by atoms with Crippen molar-refractivity contribution >= 4 is 48.1 Å². The zero-order valence-electron chi connectivity index (χ0n) is 19.2. The number of fused-ring (bicyclic) bond motifs is 6. The third kappa shape index (κ3) is 4.00. The van der Waals surface area contributed by atoms with Gasteiger partial charge in [0, 0.05) is 30.6 Å². The van der Waals surface area contributed by atoms with E-state index in [2.05, 4.69) is 14.4 Å². The number of aliphatic hydroxyl groups excluding tert-OH is 1. The van der Waals surface area contributed by atoms with Crippen molar-refractivity contribution in [2.75, 3.05) is 18.1 Å². The van der Waals surface area contributed by atoms with E-state index in [4.69, 9.17) is 0 Å². The molecular weight excluding hydrogens is 512 g/mol. The van der Waals surface area contributed by atoms with E-state index in [0.29, 0.717) is 18.4 Å². The molecule has 10 nitrogen and oxygen atoms in total. The second kappa shape index (κ2) is 8.02. The highest BCUT2D eigenvalue weighted by Gasteiger charge is 2.57. The summed E-state index contributed by atoms with van der Waals surface area (Å²) < 4.78 is 55.5. The summed E-state index contributed by atoms with van der Waals surface area (Å²) in [6.07, 6.45) is 7.31. The molecule has 0 radical (unpaired) electrons. The van der Waals surface area contributed by atoms with Crippen molar-refractivity contribution < 1.29 is 26.7 Å². The number of rotatable bonds is 7. The molecule has 3 N–H and O–H groups in total. The van der Waals surface area contributed by atoms with Gasteiger partial charge in [-0.05, 0) is 48.8 Å². The number of nitrogens with one attached hydrogen (secondary N) is 2. The number of hydrogen-bond donors (Lipinski definition) is 3. The van der Waals surface area contributed by atoms with E-state index in [1.54, 1.807) is 5.38 Å². The van der Waals surface area contributed by atoms with Crippen LogP contribution in [-0.4, -0.2) is 57.4 Å². The molecule has 2 bridgehead atoms. The van der Waals surface area contributed by atoms with E-state index in [9.17, 15) is 26.7 Å². The van der Waals surface area contributed by atoms with Gasteiger partial charge in [0.25, 0.3) is 15.9 Å². The van der Waals surface area contributed by atoms with E-state index >= 15 is 0 Å². The fourth-order valence-corrected chi connectivity index (χ4v) is 9.36. The molecule has 3 aliphatic carbocycles. The van der Waals surface area contributed by atoms with Gasteiger partial charge in [0.15, 0.2) is 5.84 Å². The van der Waals surface area contributed by atoms with Gasteiger partial charge in [0.05, 0.1) is 6.26 Å². The third-order valence-electron chi connectivity index (χ3n) is 8.03. The first-order valence-corrected chi connectivity index (χ1v) is 16.2. The summed E-state index contributed by atoms with van der Waals surface area (Å²) in [4.78, 5) is 15.5. The topological polar surface area (TPSA) is 145 Å². The molecule has 3 heterocycles. The molecule has 4 unspecified atom stereocenters. The number of carbonyl (C=O) groups excluding carboxylic acids is 1. The van der Waals surface area contributed by atoms with E-state index in [0.717, 1.165) is 43.3 Å². The van der Waals surface area contributed by atoms with Gasteiger partial charge in [0.1, 0.15) is 21.2 Å². The molecule has 4 atom stereocenters. The average molecular weight is 541 g/mol. The van der Waals surface area contributed by atoms with Crippen molar-refractivity contribution in [3.63, 3.8) is 0 Å².